The fourth-order valence-corrected chi connectivity index (χ4v) is 7.39. The number of ether oxygens (including phenoxy) is 1. The molecule has 15 heteroatoms. The molecule has 2 aromatic heterocycles. The minimum absolute atomic E-state index is 0.236. The molecule has 4 N–H and O–H groups in total. The van der Waals surface area contributed by atoms with Crippen LogP contribution >= 0.6 is 22.9 Å². The Morgan fingerprint density at radius 2 is 1.98 bits per heavy atom. The number of ketones is 1. The van der Waals surface area contributed by atoms with Gasteiger partial charge in [-0.2, -0.15) is 8.42 Å². The summed E-state index contributed by atoms with van der Waals surface area (Å²) in [6, 6.07) is 6.65. The van der Waals surface area contributed by atoms with Gasteiger partial charge in [0.25, 0.3) is 0 Å². The van der Waals surface area contributed by atoms with Gasteiger partial charge in [0.15, 0.2) is 0 Å². The molecule has 0 unspecified atom stereocenters. The first-order valence-corrected chi connectivity index (χ1v) is 17.1. The maximum absolute atomic E-state index is 13.9. The lowest BCUT2D eigenvalue weighted by Gasteiger charge is -2.38. The quantitative estimate of drug-likeness (QED) is 0.290. The van der Waals surface area contributed by atoms with Crippen LogP contribution in [0.5, 0.6) is 0 Å². The van der Waals surface area contributed by atoms with Crippen LogP contribution < -0.4 is 10.5 Å². The summed E-state index contributed by atoms with van der Waals surface area (Å²) in [6.07, 6.45) is 2.78. The molecule has 242 valence electrons. The van der Waals surface area contributed by atoms with Crippen LogP contribution in [0.1, 0.15) is 76.5 Å². The molecule has 0 radical (unpaired) electrons. The summed E-state index contributed by atoms with van der Waals surface area (Å²) in [6.45, 7) is 7.55. The molecular formula is C30H36ClN5O7S2. The number of aliphatic hydroxyl groups is 1. The average molecular weight is 678 g/mol. The Labute approximate surface area is 271 Å². The molecule has 1 amide bonds. The Bertz CT molecular complexity index is 1710. The molecule has 4 atom stereocenters. The second-order valence-electron chi connectivity index (χ2n) is 12.3. The molecule has 1 fully saturated rings. The third-order valence-electron chi connectivity index (χ3n) is 7.84. The molecule has 1 aliphatic carbocycles. The summed E-state index contributed by atoms with van der Waals surface area (Å²) >= 11 is 7.73. The summed E-state index contributed by atoms with van der Waals surface area (Å²) in [7, 11) is -4.14. The Hall–Kier alpha value is -3.14. The average Bonchev–Trinajstić information content (AvgIpc) is 3.50. The number of thiophene rings is 1. The third-order valence-corrected chi connectivity index (χ3v) is 9.61. The van der Waals surface area contributed by atoms with Crippen LogP contribution in [0.4, 0.5) is 10.6 Å². The van der Waals surface area contributed by atoms with E-state index in [0.29, 0.717) is 35.7 Å². The lowest BCUT2D eigenvalue weighted by Crippen LogP contribution is -2.43. The summed E-state index contributed by atoms with van der Waals surface area (Å²) < 4.78 is 32.9. The molecule has 1 saturated carbocycles. The number of nitrogens with one attached hydrogen (secondary N) is 1. The lowest BCUT2D eigenvalue weighted by molar-refractivity contribution is 0.0178. The van der Waals surface area contributed by atoms with Crippen molar-refractivity contribution < 1.29 is 32.0 Å². The number of nitrogens with two attached hydrogens (primary N) is 1. The smallest absolute Gasteiger partial charge is 0.411 e. The monoisotopic (exact) mass is 677 g/mol. The van der Waals surface area contributed by atoms with E-state index in [1.807, 2.05) is 45.9 Å². The zero-order chi connectivity index (χ0) is 32.7. The number of aliphatic hydroxyl groups excluding tert-OH is 1. The number of benzene rings is 1. The minimum Gasteiger partial charge on any atom is -0.444 e. The number of nitrogens with zero attached hydrogens (tertiary/aromatic N) is 3. The van der Waals surface area contributed by atoms with Gasteiger partial charge in [-0.15, -0.1) is 11.3 Å². The lowest BCUT2D eigenvalue weighted by atomic mass is 9.88. The first-order valence-electron chi connectivity index (χ1n) is 14.4. The number of halogens is 1. The number of aryl methyl sites for hydroxylation is 1. The number of carbonyl (C=O) groups is 2. The van der Waals surface area contributed by atoms with Crippen molar-refractivity contribution >= 4 is 50.9 Å². The highest BCUT2D eigenvalue weighted by atomic mass is 35.5. The number of fused-ring (bicyclic) bond motifs is 1. The molecule has 1 aromatic carbocycles. The Kier molecular flexibility index (Phi) is 9.55. The van der Waals surface area contributed by atoms with Crippen molar-refractivity contribution in [3.63, 3.8) is 0 Å². The van der Waals surface area contributed by atoms with Crippen LogP contribution in [-0.2, 0) is 25.6 Å². The number of amides is 1. The zero-order valence-corrected chi connectivity index (χ0v) is 27.7. The van der Waals surface area contributed by atoms with Gasteiger partial charge in [0.2, 0.25) is 5.78 Å². The molecular weight excluding hydrogens is 642 g/mol. The van der Waals surface area contributed by atoms with Gasteiger partial charge in [0.05, 0.1) is 29.2 Å². The van der Waals surface area contributed by atoms with Crippen molar-refractivity contribution in [2.24, 2.45) is 11.1 Å². The topological polar surface area (TPSA) is 174 Å². The minimum atomic E-state index is -4.14. The summed E-state index contributed by atoms with van der Waals surface area (Å²) in [5, 5.41) is 19.1. The van der Waals surface area contributed by atoms with Gasteiger partial charge in [-0.1, -0.05) is 17.7 Å². The van der Waals surface area contributed by atoms with E-state index >= 15 is 0 Å². The largest absolute Gasteiger partial charge is 0.444 e. The molecule has 1 aliphatic heterocycles. The van der Waals surface area contributed by atoms with Gasteiger partial charge < -0.3 is 15.2 Å². The van der Waals surface area contributed by atoms with Gasteiger partial charge in [-0.05, 0) is 81.8 Å². The molecule has 0 spiro atoms. The van der Waals surface area contributed by atoms with E-state index in [0.717, 1.165) is 21.6 Å². The maximum Gasteiger partial charge on any atom is 0.411 e. The fourth-order valence-electron chi connectivity index (χ4n) is 5.84. The second-order valence-corrected chi connectivity index (χ2v) is 15.2. The molecule has 12 nitrogen and oxygen atoms in total. The highest BCUT2D eigenvalue weighted by Crippen LogP contribution is 2.41. The van der Waals surface area contributed by atoms with E-state index in [4.69, 9.17) is 21.5 Å². The highest BCUT2D eigenvalue weighted by Gasteiger charge is 2.38. The van der Waals surface area contributed by atoms with Crippen molar-refractivity contribution in [3.05, 3.63) is 73.8 Å². The van der Waals surface area contributed by atoms with Crippen molar-refractivity contribution in [3.8, 4) is 0 Å². The van der Waals surface area contributed by atoms with Gasteiger partial charge >= 0.3 is 16.4 Å². The van der Waals surface area contributed by atoms with E-state index in [9.17, 15) is 23.1 Å². The maximum atomic E-state index is 13.9. The van der Waals surface area contributed by atoms with Gasteiger partial charge in [-0.3, -0.25) is 13.9 Å². The standard InChI is InChI=1S/C30H36ClN5O7S2/c1-16-21(26-22-10-19(31)6-5-17(22)7-8-36(26)29(39)43-30(2,3)4)12-25(44-16)27(38)23-13-33-15-34-28(23)35-20-9-18(24(37)11-20)14-42-45(32,40)41/h5-6,10,12-13,15,18,20,24,26,37H,7-9,11,14H2,1-4H3,(H2,32,40,41)(H,33,34,35)/t18-,20-,24+,26+/m1/s1. The van der Waals surface area contributed by atoms with Crippen molar-refractivity contribution in [2.45, 2.75) is 70.7 Å². The number of rotatable bonds is 8. The number of anilines is 1. The normalized spacial score (nSPS) is 21.8. The SMILES string of the molecule is Cc1sc(C(=O)c2cncnc2N[C@@H]2C[C@H](COS(N)(=O)=O)[C@@H](O)C2)cc1[C@H]1c2cc(Cl)ccc2CCN1C(=O)OC(C)(C)C. The number of hydrogen-bond acceptors (Lipinski definition) is 11. The molecule has 3 aromatic rings. The van der Waals surface area contributed by atoms with E-state index in [1.165, 1.54) is 23.9 Å². The van der Waals surface area contributed by atoms with E-state index < -0.39 is 40.1 Å². The van der Waals surface area contributed by atoms with Crippen LogP contribution in [0.2, 0.25) is 5.02 Å². The van der Waals surface area contributed by atoms with E-state index in [2.05, 4.69) is 19.5 Å². The molecule has 2 aliphatic rings. The van der Waals surface area contributed by atoms with E-state index in [-0.39, 0.29) is 29.8 Å². The van der Waals surface area contributed by atoms with Crippen molar-refractivity contribution in [2.75, 3.05) is 18.5 Å². The Morgan fingerprint density at radius 3 is 2.69 bits per heavy atom. The molecule has 0 bridgehead atoms. The third kappa shape index (κ3) is 7.81. The van der Waals surface area contributed by atoms with Crippen LogP contribution in [0, 0.1) is 12.8 Å². The van der Waals surface area contributed by atoms with Crippen molar-refractivity contribution in [1.29, 1.82) is 0 Å². The van der Waals surface area contributed by atoms with E-state index in [1.54, 1.807) is 11.0 Å². The molecule has 45 heavy (non-hydrogen) atoms. The van der Waals surface area contributed by atoms with Gasteiger partial charge in [-0.25, -0.2) is 19.9 Å². The second kappa shape index (κ2) is 12.9. The fraction of sp³-hybridized carbons (Fsp3) is 0.467. The number of hydrogen-bond donors (Lipinski definition) is 3. The predicted molar refractivity (Wildman–Crippen MR) is 170 cm³/mol. The zero-order valence-electron chi connectivity index (χ0n) is 25.3. The number of carbonyl (C=O) groups excluding carboxylic acids is 2. The van der Waals surface area contributed by atoms with Crippen LogP contribution in [-0.4, -0.2) is 71.2 Å². The summed E-state index contributed by atoms with van der Waals surface area (Å²) in [5.41, 5.74) is 2.28. The Morgan fingerprint density at radius 1 is 1.22 bits per heavy atom. The molecule has 3 heterocycles. The molecule has 5 rings (SSSR count). The first kappa shape index (κ1) is 33.2. The van der Waals surface area contributed by atoms with Crippen LogP contribution in [0.3, 0.4) is 0 Å². The Balaban J connectivity index is 1.43. The van der Waals surface area contributed by atoms with Gasteiger partial charge in [0.1, 0.15) is 17.7 Å². The van der Waals surface area contributed by atoms with Gasteiger partial charge in [0, 0.05) is 34.6 Å². The van der Waals surface area contributed by atoms with Crippen LogP contribution in [0.15, 0.2) is 36.8 Å². The summed E-state index contributed by atoms with van der Waals surface area (Å²) in [5.74, 6) is -0.488. The molecule has 0 saturated heterocycles. The van der Waals surface area contributed by atoms with Crippen LogP contribution in [0.25, 0.3) is 0 Å². The van der Waals surface area contributed by atoms with Crippen molar-refractivity contribution in [1.82, 2.24) is 14.9 Å². The predicted octanol–water partition coefficient (Wildman–Crippen LogP) is 4.39. The summed E-state index contributed by atoms with van der Waals surface area (Å²) in [4.78, 5) is 38.7. The first-order chi connectivity index (χ1) is 21.1. The number of aromatic nitrogens is 2. The highest BCUT2D eigenvalue weighted by molar-refractivity contribution is 7.84.